The number of rotatable bonds is 11. The highest BCUT2D eigenvalue weighted by atomic mass is 79.9. The van der Waals surface area contributed by atoms with E-state index < -0.39 is 12.1 Å². The average Bonchev–Trinajstić information content (AvgIpc) is 3.87. The summed E-state index contributed by atoms with van der Waals surface area (Å²) in [5.74, 6) is 0.0583. The number of carbonyl (C=O) groups excluding carboxylic acids is 1. The first-order valence-corrected chi connectivity index (χ1v) is 16.6. The van der Waals surface area contributed by atoms with Crippen molar-refractivity contribution in [2.45, 2.75) is 56.7 Å². The van der Waals surface area contributed by atoms with Crippen LogP contribution in [0.15, 0.2) is 76.8 Å². The van der Waals surface area contributed by atoms with E-state index in [0.29, 0.717) is 59.9 Å². The Morgan fingerprint density at radius 1 is 1.07 bits per heavy atom. The van der Waals surface area contributed by atoms with Gasteiger partial charge in [-0.05, 0) is 94.9 Å². The van der Waals surface area contributed by atoms with E-state index in [9.17, 15) is 19.1 Å². The van der Waals surface area contributed by atoms with Crippen LogP contribution in [0.1, 0.15) is 42.4 Å². The molecule has 3 aliphatic rings. The zero-order valence-electron chi connectivity index (χ0n) is 24.9. The number of carbonyl (C=O) groups is 2. The summed E-state index contributed by atoms with van der Waals surface area (Å²) in [6, 6.07) is 19.6. The van der Waals surface area contributed by atoms with Gasteiger partial charge >= 0.3 is 6.09 Å². The van der Waals surface area contributed by atoms with Gasteiger partial charge in [-0.15, -0.1) is 0 Å². The van der Waals surface area contributed by atoms with Crippen LogP contribution in [0.4, 0.5) is 9.18 Å². The van der Waals surface area contributed by atoms with E-state index >= 15 is 0 Å². The second-order valence-corrected chi connectivity index (χ2v) is 13.2. The zero-order chi connectivity index (χ0) is 31.5. The molecule has 2 heterocycles. The van der Waals surface area contributed by atoms with Crippen molar-refractivity contribution >= 4 is 45.1 Å². The van der Waals surface area contributed by atoms with E-state index in [4.69, 9.17) is 16.3 Å². The van der Waals surface area contributed by atoms with E-state index in [1.54, 1.807) is 6.07 Å². The number of amides is 2. The number of halogens is 3. The highest BCUT2D eigenvalue weighted by molar-refractivity contribution is 9.10. The van der Waals surface area contributed by atoms with Gasteiger partial charge in [0.15, 0.2) is 0 Å². The number of aryl methyl sites for hydroxylation is 1. The monoisotopic (exact) mass is 695 g/mol. The first kappa shape index (κ1) is 31.6. The molecule has 2 bridgehead atoms. The zero-order valence-corrected chi connectivity index (χ0v) is 27.2. The van der Waals surface area contributed by atoms with Crippen molar-refractivity contribution in [2.24, 2.45) is 0 Å². The fourth-order valence-electron chi connectivity index (χ4n) is 6.48. The third kappa shape index (κ3) is 7.21. The quantitative estimate of drug-likeness (QED) is 0.212. The van der Waals surface area contributed by atoms with Crippen LogP contribution in [0.25, 0.3) is 5.57 Å². The maximum Gasteiger partial charge on any atom is 0.408 e. The van der Waals surface area contributed by atoms with Crippen molar-refractivity contribution in [3.8, 4) is 5.75 Å². The fraction of sp³-hybridized carbons (Fsp3) is 0.371. The number of benzene rings is 3. The number of carboxylic acid groups (broad SMARTS) is 1. The second-order valence-electron chi connectivity index (χ2n) is 11.9. The summed E-state index contributed by atoms with van der Waals surface area (Å²) in [5, 5.41) is 14.2. The molecule has 2 aliphatic heterocycles. The van der Waals surface area contributed by atoms with Gasteiger partial charge in [-0.25, -0.2) is 9.18 Å². The lowest BCUT2D eigenvalue weighted by atomic mass is 9.81. The summed E-state index contributed by atoms with van der Waals surface area (Å²) in [6.07, 6.45) is 3.52. The standard InChI is InChI=1S/C35H36BrClFN3O4/c36-29-14-11-25(38)18-32(29)45-17-3-4-22-7-9-23(10-8-22)28-19-27-20-39-21-31(41(27)35(43)44)33(28)34(42)40(26-12-13-26)16-15-24-5-1-2-6-30(24)37/h1-2,5-11,14,18,26-27,31,39H,3-4,12-13,15-17,19-21H2,(H,43,44). The molecule has 7 nitrogen and oxygen atoms in total. The molecule has 2 N–H and O–H groups in total. The topological polar surface area (TPSA) is 82.1 Å². The van der Waals surface area contributed by atoms with Gasteiger partial charge in [0.05, 0.1) is 23.2 Å². The van der Waals surface area contributed by atoms with Crippen LogP contribution in [0.2, 0.25) is 5.02 Å². The molecule has 1 saturated heterocycles. The van der Waals surface area contributed by atoms with Crippen molar-refractivity contribution in [1.29, 1.82) is 0 Å². The number of hydrogen-bond acceptors (Lipinski definition) is 4. The Labute approximate surface area is 276 Å². The summed E-state index contributed by atoms with van der Waals surface area (Å²) in [6.45, 7) is 1.91. The SMILES string of the molecule is O=C(C1=C(c2ccc(CCCOc3cc(F)ccc3Br)cc2)CC2CNCC1N2C(=O)O)N(CCc1ccccc1Cl)C1CC1. The third-order valence-corrected chi connectivity index (χ3v) is 9.91. The van der Waals surface area contributed by atoms with Gasteiger partial charge in [-0.2, -0.15) is 0 Å². The Bertz CT molecular complexity index is 1600. The molecule has 1 aliphatic carbocycles. The second kappa shape index (κ2) is 13.9. The lowest BCUT2D eigenvalue weighted by Crippen LogP contribution is -2.63. The van der Waals surface area contributed by atoms with E-state index in [2.05, 4.69) is 33.4 Å². The molecule has 236 valence electrons. The summed E-state index contributed by atoms with van der Waals surface area (Å²) >= 11 is 9.83. The van der Waals surface area contributed by atoms with Gasteiger partial charge in [0, 0.05) is 42.3 Å². The van der Waals surface area contributed by atoms with Gasteiger partial charge in [0.25, 0.3) is 5.91 Å². The number of ether oxygens (including phenoxy) is 1. The number of hydrogen-bond donors (Lipinski definition) is 2. The van der Waals surface area contributed by atoms with Crippen LogP contribution in [0, 0.1) is 5.82 Å². The summed E-state index contributed by atoms with van der Waals surface area (Å²) < 4.78 is 20.0. The number of nitrogens with one attached hydrogen (secondary N) is 1. The van der Waals surface area contributed by atoms with E-state index in [1.807, 2.05) is 41.3 Å². The minimum Gasteiger partial charge on any atom is -0.492 e. The number of piperazine rings is 1. The Balaban J connectivity index is 1.23. The maximum absolute atomic E-state index is 14.5. The maximum atomic E-state index is 14.5. The van der Waals surface area contributed by atoms with Crippen LogP contribution >= 0.6 is 27.5 Å². The van der Waals surface area contributed by atoms with Crippen molar-refractivity contribution in [3.05, 3.63) is 104 Å². The fourth-order valence-corrected chi connectivity index (χ4v) is 7.07. The van der Waals surface area contributed by atoms with E-state index in [1.165, 1.54) is 17.0 Å². The summed E-state index contributed by atoms with van der Waals surface area (Å²) in [4.78, 5) is 30.4. The van der Waals surface area contributed by atoms with Crippen molar-refractivity contribution < 1.29 is 23.8 Å². The van der Waals surface area contributed by atoms with Gasteiger partial charge in [0.1, 0.15) is 11.6 Å². The van der Waals surface area contributed by atoms with Crippen LogP contribution < -0.4 is 10.1 Å². The Morgan fingerprint density at radius 3 is 2.58 bits per heavy atom. The predicted octanol–water partition coefficient (Wildman–Crippen LogP) is 6.96. The molecule has 6 rings (SSSR count). The lowest BCUT2D eigenvalue weighted by Gasteiger charge is -2.47. The van der Waals surface area contributed by atoms with Gasteiger partial charge < -0.3 is 20.1 Å². The molecule has 2 fully saturated rings. The van der Waals surface area contributed by atoms with Crippen LogP contribution in [-0.2, 0) is 17.6 Å². The lowest BCUT2D eigenvalue weighted by molar-refractivity contribution is -0.128. The van der Waals surface area contributed by atoms with Crippen molar-refractivity contribution in [3.63, 3.8) is 0 Å². The van der Waals surface area contributed by atoms with Gasteiger partial charge in [-0.3, -0.25) is 9.69 Å². The summed E-state index contributed by atoms with van der Waals surface area (Å²) in [7, 11) is 0. The smallest absolute Gasteiger partial charge is 0.408 e. The van der Waals surface area contributed by atoms with Crippen LogP contribution in [0.5, 0.6) is 5.75 Å². The molecule has 1 saturated carbocycles. The van der Waals surface area contributed by atoms with Crippen LogP contribution in [0.3, 0.4) is 0 Å². The molecule has 2 atom stereocenters. The minimum atomic E-state index is -0.993. The molecule has 2 unspecified atom stereocenters. The predicted molar refractivity (Wildman–Crippen MR) is 176 cm³/mol. The average molecular weight is 697 g/mol. The Kier molecular flexibility index (Phi) is 9.78. The molecule has 45 heavy (non-hydrogen) atoms. The molecule has 2 amide bonds. The largest absolute Gasteiger partial charge is 0.492 e. The highest BCUT2D eigenvalue weighted by Crippen LogP contribution is 2.39. The van der Waals surface area contributed by atoms with Crippen molar-refractivity contribution in [2.75, 3.05) is 26.2 Å². The third-order valence-electron chi connectivity index (χ3n) is 8.89. The first-order chi connectivity index (χ1) is 21.8. The molecule has 0 spiro atoms. The van der Waals surface area contributed by atoms with Gasteiger partial charge in [-0.1, -0.05) is 54.1 Å². The van der Waals surface area contributed by atoms with E-state index in [-0.39, 0.29) is 23.8 Å². The number of nitrogens with zero attached hydrogens (tertiary/aromatic N) is 2. The molecule has 3 aromatic carbocycles. The highest BCUT2D eigenvalue weighted by Gasteiger charge is 2.46. The Morgan fingerprint density at radius 2 is 1.84 bits per heavy atom. The first-order valence-electron chi connectivity index (χ1n) is 15.5. The Hall–Kier alpha value is -3.40. The molecule has 0 aromatic heterocycles. The molecule has 3 aromatic rings. The molecule has 10 heteroatoms. The summed E-state index contributed by atoms with van der Waals surface area (Å²) in [5.41, 5.74) is 4.58. The minimum absolute atomic E-state index is 0.0808. The van der Waals surface area contributed by atoms with Crippen LogP contribution in [-0.4, -0.2) is 71.3 Å². The molecular formula is C35H36BrClFN3O4. The molecule has 0 radical (unpaired) electrons. The normalized spacial score (nSPS) is 19.4. The van der Waals surface area contributed by atoms with Crippen molar-refractivity contribution in [1.82, 2.24) is 15.1 Å². The number of fused-ring (bicyclic) bond motifs is 2. The van der Waals surface area contributed by atoms with Gasteiger partial charge in [0.2, 0.25) is 0 Å². The van der Waals surface area contributed by atoms with E-state index in [0.717, 1.165) is 47.9 Å². The molecular weight excluding hydrogens is 661 g/mol.